The van der Waals surface area contributed by atoms with Crippen molar-refractivity contribution in [2.75, 3.05) is 13.6 Å². The van der Waals surface area contributed by atoms with Crippen molar-refractivity contribution in [3.05, 3.63) is 29.3 Å². The average Bonchev–Trinajstić information content (AvgIpc) is 2.45. The van der Waals surface area contributed by atoms with Gasteiger partial charge in [-0.1, -0.05) is 25.8 Å². The topological polar surface area (TPSA) is 23.5 Å². The maximum atomic E-state index is 9.97. The van der Waals surface area contributed by atoms with Crippen molar-refractivity contribution in [1.29, 1.82) is 0 Å². The summed E-state index contributed by atoms with van der Waals surface area (Å²) in [5.74, 6) is 0.438. The highest BCUT2D eigenvalue weighted by Gasteiger charge is 2.47. The molecule has 0 amide bonds. The fraction of sp³-hybridized carbons (Fsp3) is 0.667. The van der Waals surface area contributed by atoms with Gasteiger partial charge < -0.3 is 10.0 Å². The summed E-state index contributed by atoms with van der Waals surface area (Å²) >= 11 is 0. The number of unbranched alkanes of at least 4 members (excludes halogenated alkanes) is 1. The average molecular weight is 273 g/mol. The fourth-order valence-electron chi connectivity index (χ4n) is 4.66. The van der Waals surface area contributed by atoms with E-state index in [-0.39, 0.29) is 5.41 Å². The molecule has 1 heterocycles. The van der Waals surface area contributed by atoms with Gasteiger partial charge in [0.1, 0.15) is 5.75 Å². The van der Waals surface area contributed by atoms with E-state index in [0.29, 0.717) is 11.8 Å². The van der Waals surface area contributed by atoms with Crippen molar-refractivity contribution >= 4 is 0 Å². The number of phenolic OH excluding ortho intramolecular Hbond substituents is 1. The van der Waals surface area contributed by atoms with Crippen LogP contribution in [-0.4, -0.2) is 29.6 Å². The van der Waals surface area contributed by atoms with Gasteiger partial charge in [-0.05, 0) is 69.0 Å². The maximum absolute atomic E-state index is 9.97. The molecule has 1 saturated heterocycles. The summed E-state index contributed by atoms with van der Waals surface area (Å²) in [5, 5.41) is 9.97. The first-order valence-corrected chi connectivity index (χ1v) is 8.20. The number of rotatable bonds is 3. The van der Waals surface area contributed by atoms with Crippen LogP contribution in [0.2, 0.25) is 0 Å². The molecule has 1 aromatic rings. The Labute approximate surface area is 122 Å². The van der Waals surface area contributed by atoms with Gasteiger partial charge in [0.05, 0.1) is 0 Å². The third kappa shape index (κ3) is 2.14. The molecule has 2 nitrogen and oxygen atoms in total. The van der Waals surface area contributed by atoms with Crippen LogP contribution < -0.4 is 0 Å². The van der Waals surface area contributed by atoms with Crippen molar-refractivity contribution < 1.29 is 5.11 Å². The Morgan fingerprint density at radius 3 is 3.05 bits per heavy atom. The quantitative estimate of drug-likeness (QED) is 0.904. The highest BCUT2D eigenvalue weighted by molar-refractivity contribution is 5.44. The zero-order valence-electron chi connectivity index (χ0n) is 12.9. The van der Waals surface area contributed by atoms with Gasteiger partial charge in [-0.2, -0.15) is 0 Å². The number of aryl methyl sites for hydroxylation is 1. The summed E-state index contributed by atoms with van der Waals surface area (Å²) in [6.45, 7) is 3.51. The first-order chi connectivity index (χ1) is 9.67. The van der Waals surface area contributed by atoms with Crippen LogP contribution in [0.15, 0.2) is 18.2 Å². The minimum atomic E-state index is 0.287. The van der Waals surface area contributed by atoms with E-state index in [1.54, 1.807) is 0 Å². The molecule has 110 valence electrons. The van der Waals surface area contributed by atoms with Crippen molar-refractivity contribution in [3.63, 3.8) is 0 Å². The van der Waals surface area contributed by atoms with Gasteiger partial charge in [0.2, 0.25) is 0 Å². The smallest absolute Gasteiger partial charge is 0.115 e. The summed E-state index contributed by atoms with van der Waals surface area (Å²) in [7, 11) is 2.29. The van der Waals surface area contributed by atoms with Crippen molar-refractivity contribution in [1.82, 2.24) is 4.90 Å². The number of hydrogen-bond acceptors (Lipinski definition) is 2. The van der Waals surface area contributed by atoms with Crippen LogP contribution in [0, 0.1) is 0 Å². The Morgan fingerprint density at radius 1 is 1.40 bits per heavy atom. The number of benzene rings is 1. The van der Waals surface area contributed by atoms with Crippen LogP contribution in [0.3, 0.4) is 0 Å². The molecular formula is C18H27NO. The number of likely N-dealkylation sites (N-methyl/N-ethyl adjacent to an activating group) is 1. The lowest BCUT2D eigenvalue weighted by atomic mass is 9.60. The van der Waals surface area contributed by atoms with Crippen molar-refractivity contribution in [3.8, 4) is 5.75 Å². The Bertz CT molecular complexity index is 484. The fourth-order valence-corrected chi connectivity index (χ4v) is 4.66. The Balaban J connectivity index is 2.07. The molecule has 0 radical (unpaired) electrons. The van der Waals surface area contributed by atoms with Crippen LogP contribution in [0.4, 0.5) is 0 Å². The number of aromatic hydroxyl groups is 1. The normalized spacial score (nSPS) is 29.8. The minimum Gasteiger partial charge on any atom is -0.508 e. The predicted molar refractivity (Wildman–Crippen MR) is 83.3 cm³/mol. The van der Waals surface area contributed by atoms with Gasteiger partial charge in [0.15, 0.2) is 0 Å². The molecule has 1 aliphatic heterocycles. The van der Waals surface area contributed by atoms with Crippen molar-refractivity contribution in [2.45, 2.75) is 63.3 Å². The second-order valence-corrected chi connectivity index (χ2v) is 6.74. The van der Waals surface area contributed by atoms with E-state index in [0.717, 1.165) is 0 Å². The number of hydrogen-bond donors (Lipinski definition) is 1. The lowest BCUT2D eigenvalue weighted by Gasteiger charge is -2.53. The zero-order valence-corrected chi connectivity index (χ0v) is 12.9. The van der Waals surface area contributed by atoms with E-state index in [2.05, 4.69) is 31.0 Å². The molecule has 2 heteroatoms. The number of nitrogens with zero attached hydrogens (tertiary/aromatic N) is 1. The highest BCUT2D eigenvalue weighted by Crippen LogP contribution is 2.49. The van der Waals surface area contributed by atoms with E-state index in [1.807, 2.05) is 6.07 Å². The third-order valence-corrected chi connectivity index (χ3v) is 5.60. The molecule has 0 bridgehead atoms. The second kappa shape index (κ2) is 5.40. The molecule has 3 rings (SSSR count). The highest BCUT2D eigenvalue weighted by atomic mass is 16.3. The minimum absolute atomic E-state index is 0.287. The van der Waals surface area contributed by atoms with Gasteiger partial charge in [-0.3, -0.25) is 0 Å². The predicted octanol–water partition coefficient (Wildman–Crippen LogP) is 3.86. The largest absolute Gasteiger partial charge is 0.508 e. The molecule has 0 saturated carbocycles. The van der Waals surface area contributed by atoms with E-state index in [9.17, 15) is 5.11 Å². The Morgan fingerprint density at radius 2 is 2.25 bits per heavy atom. The molecule has 0 unspecified atom stereocenters. The Hall–Kier alpha value is -1.02. The van der Waals surface area contributed by atoms with E-state index in [4.69, 9.17) is 0 Å². The van der Waals surface area contributed by atoms with Crippen molar-refractivity contribution in [2.24, 2.45) is 0 Å². The summed E-state index contributed by atoms with van der Waals surface area (Å²) in [6.07, 6.45) is 8.83. The molecule has 1 N–H and O–H groups in total. The molecule has 1 aliphatic carbocycles. The maximum Gasteiger partial charge on any atom is 0.115 e. The lowest BCUT2D eigenvalue weighted by molar-refractivity contribution is 0.0658. The molecule has 0 aromatic heterocycles. The Kier molecular flexibility index (Phi) is 3.76. The summed E-state index contributed by atoms with van der Waals surface area (Å²) in [6, 6.07) is 6.75. The summed E-state index contributed by atoms with van der Waals surface area (Å²) in [4.78, 5) is 2.58. The van der Waals surface area contributed by atoms with Gasteiger partial charge in [0.25, 0.3) is 0 Å². The number of phenols is 1. The van der Waals surface area contributed by atoms with Gasteiger partial charge >= 0.3 is 0 Å². The number of likely N-dealkylation sites (tertiary alicyclic amines) is 1. The van der Waals surface area contributed by atoms with Crippen LogP contribution in [0.25, 0.3) is 0 Å². The second-order valence-electron chi connectivity index (χ2n) is 6.74. The summed E-state index contributed by atoms with van der Waals surface area (Å²) < 4.78 is 0. The molecule has 1 aromatic carbocycles. The lowest BCUT2D eigenvalue weighted by Crippen LogP contribution is -2.55. The van der Waals surface area contributed by atoms with Crippen LogP contribution in [0.1, 0.15) is 56.6 Å². The van der Waals surface area contributed by atoms with Crippen LogP contribution in [0.5, 0.6) is 5.75 Å². The SMILES string of the molecule is CCCC[C@@]12CCCN(C)[C@@H]1CCc1ccc(O)cc12. The van der Waals surface area contributed by atoms with Gasteiger partial charge in [-0.15, -0.1) is 0 Å². The van der Waals surface area contributed by atoms with Gasteiger partial charge in [0, 0.05) is 11.5 Å². The molecule has 20 heavy (non-hydrogen) atoms. The van der Waals surface area contributed by atoms with Crippen LogP contribution in [-0.2, 0) is 11.8 Å². The van der Waals surface area contributed by atoms with E-state index in [1.165, 1.54) is 62.6 Å². The van der Waals surface area contributed by atoms with Gasteiger partial charge in [-0.25, -0.2) is 0 Å². The van der Waals surface area contributed by atoms with E-state index >= 15 is 0 Å². The zero-order chi connectivity index (χ0) is 14.2. The molecule has 2 atom stereocenters. The molecule has 1 fully saturated rings. The van der Waals surface area contributed by atoms with Crippen LogP contribution >= 0.6 is 0 Å². The molecule has 0 spiro atoms. The monoisotopic (exact) mass is 273 g/mol. The standard InChI is InChI=1S/C18H27NO/c1-3-4-10-18-11-5-12-19(2)17(18)9-7-14-6-8-15(20)13-16(14)18/h6,8,13,17,20H,3-5,7,9-12H2,1-2H3/t17-,18+/m1/s1. The van der Waals surface area contributed by atoms with E-state index < -0.39 is 0 Å². The number of fused-ring (bicyclic) bond motifs is 3. The number of piperidine rings is 1. The summed E-state index contributed by atoms with van der Waals surface area (Å²) in [5.41, 5.74) is 3.22. The first-order valence-electron chi connectivity index (χ1n) is 8.20. The molecular weight excluding hydrogens is 246 g/mol. The third-order valence-electron chi connectivity index (χ3n) is 5.60. The molecule has 2 aliphatic rings. The first kappa shape index (κ1) is 13.9.